The fourth-order valence-corrected chi connectivity index (χ4v) is 2.66. The maximum atomic E-state index is 11.8. The van der Waals surface area contributed by atoms with E-state index in [1.54, 1.807) is 30.1 Å². The van der Waals surface area contributed by atoms with Gasteiger partial charge in [-0.05, 0) is 12.5 Å². The van der Waals surface area contributed by atoms with Gasteiger partial charge in [0.15, 0.2) is 0 Å². The van der Waals surface area contributed by atoms with Gasteiger partial charge < -0.3 is 4.57 Å². The van der Waals surface area contributed by atoms with Gasteiger partial charge in [-0.15, -0.1) is 0 Å². The highest BCUT2D eigenvalue weighted by Gasteiger charge is 2.13. The Morgan fingerprint density at radius 1 is 1.50 bits per heavy atom. The van der Waals surface area contributed by atoms with Crippen LogP contribution in [0.15, 0.2) is 29.7 Å². The molecule has 0 aliphatic carbocycles. The average molecular weight is 269 g/mol. The molecule has 0 fully saturated rings. The van der Waals surface area contributed by atoms with Crippen molar-refractivity contribution in [1.29, 1.82) is 0 Å². The number of H-pyrrole nitrogens is 1. The van der Waals surface area contributed by atoms with Gasteiger partial charge in [0.05, 0.1) is 4.90 Å². The maximum Gasteiger partial charge on any atom is 0.242 e. The Bertz CT molecular complexity index is 588. The van der Waals surface area contributed by atoms with Crippen LogP contribution in [0.1, 0.15) is 12.2 Å². The van der Waals surface area contributed by atoms with Gasteiger partial charge in [0.25, 0.3) is 0 Å². The van der Waals surface area contributed by atoms with E-state index in [9.17, 15) is 8.42 Å². The number of aromatic amines is 1. The monoisotopic (exact) mass is 269 g/mol. The second kappa shape index (κ2) is 5.32. The highest BCUT2D eigenvalue weighted by molar-refractivity contribution is 7.89. The second-order valence-electron chi connectivity index (χ2n) is 3.95. The Labute approximate surface area is 105 Å². The molecule has 0 amide bonds. The predicted octanol–water partition coefficient (Wildman–Crippen LogP) is 0.0543. The number of sulfonamides is 1. The number of hydrogen-bond donors (Lipinski definition) is 2. The number of hydrogen-bond acceptors (Lipinski definition) is 4. The summed E-state index contributed by atoms with van der Waals surface area (Å²) >= 11 is 0. The molecule has 18 heavy (non-hydrogen) atoms. The summed E-state index contributed by atoms with van der Waals surface area (Å²) in [6, 6.07) is 1.57. The zero-order valence-electron chi connectivity index (χ0n) is 10.00. The van der Waals surface area contributed by atoms with Crippen molar-refractivity contribution in [3.05, 3.63) is 30.6 Å². The van der Waals surface area contributed by atoms with Crippen LogP contribution in [-0.4, -0.2) is 34.7 Å². The summed E-state index contributed by atoms with van der Waals surface area (Å²) in [6.07, 6.45) is 6.03. The van der Waals surface area contributed by atoms with Crippen LogP contribution in [-0.2, 0) is 23.5 Å². The van der Waals surface area contributed by atoms with E-state index in [-0.39, 0.29) is 4.90 Å². The SMILES string of the molecule is Cn1ccc(S(=O)(=O)NCCCc2ncn[nH]2)c1. The molecule has 0 atom stereocenters. The molecule has 0 bridgehead atoms. The Morgan fingerprint density at radius 2 is 2.33 bits per heavy atom. The van der Waals surface area contributed by atoms with Gasteiger partial charge in [-0.3, -0.25) is 5.10 Å². The van der Waals surface area contributed by atoms with E-state index in [1.807, 2.05) is 0 Å². The zero-order chi connectivity index (χ0) is 13.0. The molecule has 2 N–H and O–H groups in total. The third-order valence-corrected chi connectivity index (χ3v) is 3.91. The van der Waals surface area contributed by atoms with Crippen LogP contribution in [0.5, 0.6) is 0 Å². The molecular formula is C10H15N5O2S. The van der Waals surface area contributed by atoms with Crippen molar-refractivity contribution in [2.45, 2.75) is 17.7 Å². The van der Waals surface area contributed by atoms with Crippen LogP contribution >= 0.6 is 0 Å². The molecule has 98 valence electrons. The minimum atomic E-state index is -3.40. The molecule has 2 aromatic heterocycles. The third-order valence-electron chi connectivity index (χ3n) is 2.46. The van der Waals surface area contributed by atoms with Crippen LogP contribution in [0.4, 0.5) is 0 Å². The minimum Gasteiger partial charge on any atom is -0.356 e. The van der Waals surface area contributed by atoms with Crippen LogP contribution in [0.3, 0.4) is 0 Å². The van der Waals surface area contributed by atoms with E-state index < -0.39 is 10.0 Å². The lowest BCUT2D eigenvalue weighted by Crippen LogP contribution is -2.24. The van der Waals surface area contributed by atoms with Crippen molar-refractivity contribution in [2.24, 2.45) is 7.05 Å². The lowest BCUT2D eigenvalue weighted by molar-refractivity contribution is 0.578. The number of rotatable bonds is 6. The lowest BCUT2D eigenvalue weighted by atomic mass is 10.3. The molecule has 2 heterocycles. The topological polar surface area (TPSA) is 92.7 Å². The Kier molecular flexibility index (Phi) is 3.78. The number of aryl methyl sites for hydroxylation is 2. The molecule has 0 saturated carbocycles. The van der Waals surface area contributed by atoms with Gasteiger partial charge in [-0.25, -0.2) is 18.1 Å². The summed E-state index contributed by atoms with van der Waals surface area (Å²) in [5.41, 5.74) is 0. The predicted molar refractivity (Wildman–Crippen MR) is 65.3 cm³/mol. The second-order valence-corrected chi connectivity index (χ2v) is 5.71. The van der Waals surface area contributed by atoms with Crippen LogP contribution < -0.4 is 4.72 Å². The van der Waals surface area contributed by atoms with E-state index >= 15 is 0 Å². The molecule has 0 unspecified atom stereocenters. The first kappa shape index (κ1) is 12.8. The number of nitrogens with one attached hydrogen (secondary N) is 2. The Morgan fingerprint density at radius 3 is 2.94 bits per heavy atom. The standard InChI is InChI=1S/C10H15N5O2S/c1-15-6-4-9(7-15)18(16,17)13-5-2-3-10-11-8-12-14-10/h4,6-8,13H,2-3,5H2,1H3,(H,11,12,14). The molecule has 0 spiro atoms. The smallest absolute Gasteiger partial charge is 0.242 e. The van der Waals surface area contributed by atoms with E-state index in [2.05, 4.69) is 19.9 Å². The van der Waals surface area contributed by atoms with Crippen molar-refractivity contribution >= 4 is 10.0 Å². The van der Waals surface area contributed by atoms with E-state index in [4.69, 9.17) is 0 Å². The van der Waals surface area contributed by atoms with Crippen LogP contribution in [0, 0.1) is 0 Å². The van der Waals surface area contributed by atoms with Gasteiger partial charge in [0.1, 0.15) is 12.2 Å². The summed E-state index contributed by atoms with van der Waals surface area (Å²) in [5, 5.41) is 6.45. The van der Waals surface area contributed by atoms with E-state index in [1.165, 1.54) is 6.33 Å². The molecule has 7 nitrogen and oxygen atoms in total. The summed E-state index contributed by atoms with van der Waals surface area (Å²) in [6.45, 7) is 0.373. The first-order valence-electron chi connectivity index (χ1n) is 5.54. The molecule has 0 aliphatic rings. The van der Waals surface area contributed by atoms with Crippen molar-refractivity contribution < 1.29 is 8.42 Å². The van der Waals surface area contributed by atoms with Gasteiger partial charge in [-0.2, -0.15) is 5.10 Å². The third kappa shape index (κ3) is 3.17. The molecule has 0 aromatic carbocycles. The van der Waals surface area contributed by atoms with Crippen LogP contribution in [0.25, 0.3) is 0 Å². The first-order valence-corrected chi connectivity index (χ1v) is 7.02. The van der Waals surface area contributed by atoms with Gasteiger partial charge in [0.2, 0.25) is 10.0 Å². The first-order chi connectivity index (χ1) is 8.58. The highest BCUT2D eigenvalue weighted by Crippen LogP contribution is 2.07. The molecule has 2 aromatic rings. The summed E-state index contributed by atoms with van der Waals surface area (Å²) in [4.78, 5) is 4.25. The number of aromatic nitrogens is 4. The van der Waals surface area contributed by atoms with Gasteiger partial charge >= 0.3 is 0 Å². The fraction of sp³-hybridized carbons (Fsp3) is 0.400. The van der Waals surface area contributed by atoms with Crippen molar-refractivity contribution in [3.63, 3.8) is 0 Å². The number of nitrogens with zero attached hydrogens (tertiary/aromatic N) is 3. The summed E-state index contributed by atoms with van der Waals surface area (Å²) in [7, 11) is -1.62. The lowest BCUT2D eigenvalue weighted by Gasteiger charge is -2.03. The Balaban J connectivity index is 1.82. The maximum absolute atomic E-state index is 11.8. The average Bonchev–Trinajstić information content (AvgIpc) is 2.95. The van der Waals surface area contributed by atoms with Crippen molar-refractivity contribution in [1.82, 2.24) is 24.5 Å². The molecule has 0 aliphatic heterocycles. The summed E-state index contributed by atoms with van der Waals surface area (Å²) in [5.74, 6) is 0.758. The molecule has 0 radical (unpaired) electrons. The zero-order valence-corrected chi connectivity index (χ0v) is 10.8. The molecular weight excluding hydrogens is 254 g/mol. The van der Waals surface area contributed by atoms with E-state index in [0.717, 1.165) is 5.82 Å². The largest absolute Gasteiger partial charge is 0.356 e. The van der Waals surface area contributed by atoms with Crippen molar-refractivity contribution in [3.8, 4) is 0 Å². The Hall–Kier alpha value is -1.67. The highest BCUT2D eigenvalue weighted by atomic mass is 32.2. The molecule has 8 heteroatoms. The van der Waals surface area contributed by atoms with E-state index in [0.29, 0.717) is 19.4 Å². The van der Waals surface area contributed by atoms with Gasteiger partial charge in [-0.1, -0.05) is 0 Å². The molecule has 2 rings (SSSR count). The minimum absolute atomic E-state index is 0.282. The van der Waals surface area contributed by atoms with Gasteiger partial charge in [0, 0.05) is 32.4 Å². The quantitative estimate of drug-likeness (QED) is 0.725. The fourth-order valence-electron chi connectivity index (χ4n) is 1.53. The normalized spacial score (nSPS) is 11.8. The van der Waals surface area contributed by atoms with Crippen LogP contribution in [0.2, 0.25) is 0 Å². The summed E-state index contributed by atoms with van der Waals surface area (Å²) < 4.78 is 27.9. The van der Waals surface area contributed by atoms with Crippen molar-refractivity contribution in [2.75, 3.05) is 6.54 Å². The molecule has 0 saturated heterocycles.